The van der Waals surface area contributed by atoms with Crippen molar-refractivity contribution >= 4 is 0 Å². The summed E-state index contributed by atoms with van der Waals surface area (Å²) >= 11 is 0. The lowest BCUT2D eigenvalue weighted by molar-refractivity contribution is 0.470. The van der Waals surface area contributed by atoms with Gasteiger partial charge in [-0.05, 0) is 30.5 Å². The highest BCUT2D eigenvalue weighted by Crippen LogP contribution is 2.17. The van der Waals surface area contributed by atoms with E-state index >= 15 is 0 Å². The van der Waals surface area contributed by atoms with Crippen molar-refractivity contribution in [2.75, 3.05) is 0 Å². The largest absolute Gasteiger partial charge is 0.508 e. The molecule has 0 fully saturated rings. The molecule has 1 N–H and O–H groups in total. The fourth-order valence-electron chi connectivity index (χ4n) is 0.949. The molecule has 0 aliphatic heterocycles. The van der Waals surface area contributed by atoms with Gasteiger partial charge in [0.2, 0.25) is 0 Å². The second kappa shape index (κ2) is 3.24. The van der Waals surface area contributed by atoms with E-state index in [1.54, 1.807) is 6.07 Å². The normalized spacial score (nSPS) is 9.55. The van der Waals surface area contributed by atoms with Crippen molar-refractivity contribution in [3.63, 3.8) is 0 Å². The zero-order valence-corrected chi connectivity index (χ0v) is 6.67. The van der Waals surface area contributed by atoms with Crippen LogP contribution in [-0.4, -0.2) is 5.11 Å². The third kappa shape index (κ3) is 1.84. The quantitative estimate of drug-likeness (QED) is 0.638. The number of phenolic OH excluding ortho intramolecular Hbond substituents is 1. The van der Waals surface area contributed by atoms with E-state index in [1.807, 2.05) is 25.1 Å². The number of rotatable bonds is 2. The highest BCUT2D eigenvalue weighted by Gasteiger charge is 1.95. The highest BCUT2D eigenvalue weighted by atomic mass is 16.3. The number of aromatic hydroxyl groups is 1. The Hall–Kier alpha value is -1.24. The molecule has 0 atom stereocenters. The second-order valence-electron chi connectivity index (χ2n) is 2.61. The number of benzene rings is 1. The van der Waals surface area contributed by atoms with Crippen LogP contribution in [0, 0.1) is 6.92 Å². The third-order valence-electron chi connectivity index (χ3n) is 1.65. The molecule has 11 heavy (non-hydrogen) atoms. The molecule has 1 rings (SSSR count). The van der Waals surface area contributed by atoms with Gasteiger partial charge in [-0.2, -0.15) is 0 Å². The maximum absolute atomic E-state index is 9.29. The lowest BCUT2D eigenvalue weighted by Crippen LogP contribution is -1.81. The van der Waals surface area contributed by atoms with E-state index in [9.17, 15) is 5.11 Å². The van der Waals surface area contributed by atoms with Crippen LogP contribution in [0.4, 0.5) is 0 Å². The van der Waals surface area contributed by atoms with Crippen molar-refractivity contribution in [2.45, 2.75) is 13.3 Å². The zero-order valence-electron chi connectivity index (χ0n) is 6.67. The van der Waals surface area contributed by atoms with Crippen molar-refractivity contribution in [3.8, 4) is 5.75 Å². The van der Waals surface area contributed by atoms with Crippen molar-refractivity contribution in [3.05, 3.63) is 42.0 Å². The van der Waals surface area contributed by atoms with Gasteiger partial charge in [0, 0.05) is 0 Å². The van der Waals surface area contributed by atoms with Crippen LogP contribution in [0.5, 0.6) is 5.75 Å². The van der Waals surface area contributed by atoms with E-state index in [0.717, 1.165) is 17.5 Å². The van der Waals surface area contributed by atoms with E-state index in [-0.39, 0.29) is 0 Å². The molecule has 0 saturated carbocycles. The van der Waals surface area contributed by atoms with Crippen LogP contribution in [-0.2, 0) is 6.42 Å². The summed E-state index contributed by atoms with van der Waals surface area (Å²) in [6, 6.07) is 5.68. The Balaban J connectivity index is 2.95. The molecule has 1 heteroatoms. The molecule has 0 aromatic heterocycles. The Morgan fingerprint density at radius 1 is 1.55 bits per heavy atom. The number of hydrogen-bond acceptors (Lipinski definition) is 1. The molecule has 1 aromatic carbocycles. The van der Waals surface area contributed by atoms with Crippen molar-refractivity contribution in [2.24, 2.45) is 0 Å². The number of hydrogen-bond donors (Lipinski definition) is 1. The lowest BCUT2D eigenvalue weighted by Gasteiger charge is -2.00. The standard InChI is InChI=1S/C10H12O/c1-3-4-9-6-5-8(2)10(11)7-9/h3,5-7,11H,1,4H2,2H3. The van der Waals surface area contributed by atoms with Gasteiger partial charge >= 0.3 is 0 Å². The fraction of sp³-hybridized carbons (Fsp3) is 0.200. The molecule has 0 aliphatic carbocycles. The molecule has 1 aromatic rings. The Labute approximate surface area is 67.0 Å². The minimum atomic E-state index is 0.365. The van der Waals surface area contributed by atoms with E-state index in [0.29, 0.717) is 5.75 Å². The fourth-order valence-corrected chi connectivity index (χ4v) is 0.949. The molecule has 0 unspecified atom stereocenters. The maximum atomic E-state index is 9.29. The first-order valence-corrected chi connectivity index (χ1v) is 3.63. The second-order valence-corrected chi connectivity index (χ2v) is 2.61. The van der Waals surface area contributed by atoms with Gasteiger partial charge in [0.05, 0.1) is 0 Å². The van der Waals surface area contributed by atoms with E-state index in [4.69, 9.17) is 0 Å². The Kier molecular flexibility index (Phi) is 2.32. The van der Waals surface area contributed by atoms with E-state index < -0.39 is 0 Å². The molecule has 0 aliphatic rings. The average molecular weight is 148 g/mol. The molecular formula is C10H12O. The predicted octanol–water partition coefficient (Wildman–Crippen LogP) is 2.43. The summed E-state index contributed by atoms with van der Waals surface area (Å²) in [6.45, 7) is 5.51. The molecule has 0 radical (unpaired) electrons. The first-order valence-electron chi connectivity index (χ1n) is 3.63. The van der Waals surface area contributed by atoms with Gasteiger partial charge in [-0.15, -0.1) is 6.58 Å². The van der Waals surface area contributed by atoms with E-state index in [2.05, 4.69) is 6.58 Å². The summed E-state index contributed by atoms with van der Waals surface area (Å²) in [4.78, 5) is 0. The number of phenols is 1. The van der Waals surface area contributed by atoms with Gasteiger partial charge in [0.15, 0.2) is 0 Å². The molecule has 0 spiro atoms. The van der Waals surface area contributed by atoms with Gasteiger partial charge < -0.3 is 5.11 Å². The average Bonchev–Trinajstić information content (AvgIpc) is 1.98. The van der Waals surface area contributed by atoms with Gasteiger partial charge in [-0.25, -0.2) is 0 Å². The van der Waals surface area contributed by atoms with Gasteiger partial charge in [0.1, 0.15) is 5.75 Å². The molecule has 0 heterocycles. The minimum absolute atomic E-state index is 0.365. The Morgan fingerprint density at radius 2 is 2.27 bits per heavy atom. The predicted molar refractivity (Wildman–Crippen MR) is 46.7 cm³/mol. The summed E-state index contributed by atoms with van der Waals surface area (Å²) in [5.41, 5.74) is 2.01. The molecule has 58 valence electrons. The summed E-state index contributed by atoms with van der Waals surface area (Å²) in [7, 11) is 0. The van der Waals surface area contributed by atoms with Crippen LogP contribution in [0.1, 0.15) is 11.1 Å². The first-order chi connectivity index (χ1) is 5.24. The molecule has 0 amide bonds. The topological polar surface area (TPSA) is 20.2 Å². The highest BCUT2D eigenvalue weighted by molar-refractivity contribution is 5.35. The summed E-state index contributed by atoms with van der Waals surface area (Å²) in [6.07, 6.45) is 2.64. The van der Waals surface area contributed by atoms with E-state index in [1.165, 1.54) is 0 Å². The van der Waals surface area contributed by atoms with Gasteiger partial charge in [-0.1, -0.05) is 18.2 Å². The Bertz CT molecular complexity index is 264. The molecule has 0 bridgehead atoms. The van der Waals surface area contributed by atoms with Crippen LogP contribution in [0.2, 0.25) is 0 Å². The first kappa shape index (κ1) is 7.86. The van der Waals surface area contributed by atoms with Crippen LogP contribution in [0.15, 0.2) is 30.9 Å². The lowest BCUT2D eigenvalue weighted by atomic mass is 10.1. The van der Waals surface area contributed by atoms with Gasteiger partial charge in [0.25, 0.3) is 0 Å². The molecule has 1 nitrogen and oxygen atoms in total. The summed E-state index contributed by atoms with van der Waals surface area (Å²) in [5, 5.41) is 9.29. The summed E-state index contributed by atoms with van der Waals surface area (Å²) in [5.74, 6) is 0.365. The van der Waals surface area contributed by atoms with Crippen LogP contribution in [0.25, 0.3) is 0 Å². The number of aryl methyl sites for hydroxylation is 1. The maximum Gasteiger partial charge on any atom is 0.118 e. The van der Waals surface area contributed by atoms with Crippen molar-refractivity contribution < 1.29 is 5.11 Å². The SMILES string of the molecule is C=CCc1ccc(C)c(O)c1. The Morgan fingerprint density at radius 3 is 2.82 bits per heavy atom. The minimum Gasteiger partial charge on any atom is -0.508 e. The van der Waals surface area contributed by atoms with Crippen molar-refractivity contribution in [1.29, 1.82) is 0 Å². The van der Waals surface area contributed by atoms with Crippen LogP contribution in [0.3, 0.4) is 0 Å². The smallest absolute Gasteiger partial charge is 0.118 e. The monoisotopic (exact) mass is 148 g/mol. The molecular weight excluding hydrogens is 136 g/mol. The van der Waals surface area contributed by atoms with Crippen molar-refractivity contribution in [1.82, 2.24) is 0 Å². The van der Waals surface area contributed by atoms with Crippen LogP contribution >= 0.6 is 0 Å². The number of allylic oxidation sites excluding steroid dienone is 1. The zero-order chi connectivity index (χ0) is 8.27. The third-order valence-corrected chi connectivity index (χ3v) is 1.65. The summed E-state index contributed by atoms with van der Waals surface area (Å²) < 4.78 is 0. The van der Waals surface area contributed by atoms with Gasteiger partial charge in [-0.3, -0.25) is 0 Å². The molecule has 0 saturated heterocycles. The van der Waals surface area contributed by atoms with Crippen LogP contribution < -0.4 is 0 Å².